The molecule has 1 heterocycles. The van der Waals surface area contributed by atoms with Gasteiger partial charge < -0.3 is 20.1 Å². The van der Waals surface area contributed by atoms with E-state index in [-0.39, 0.29) is 11.6 Å². The van der Waals surface area contributed by atoms with Crippen molar-refractivity contribution in [3.63, 3.8) is 0 Å². The van der Waals surface area contributed by atoms with Crippen LogP contribution in [0, 0.1) is 11.3 Å². The Morgan fingerprint density at radius 3 is 2.62 bits per heavy atom. The van der Waals surface area contributed by atoms with Crippen LogP contribution in [0.4, 0.5) is 11.4 Å². The van der Waals surface area contributed by atoms with Crippen LogP contribution in [0.2, 0.25) is 0 Å². The van der Waals surface area contributed by atoms with Crippen LogP contribution < -0.4 is 20.1 Å². The Hall–Kier alpha value is -4.05. The number of ether oxygens (including phenoxy) is 2. The van der Waals surface area contributed by atoms with E-state index in [2.05, 4.69) is 15.6 Å². The van der Waals surface area contributed by atoms with Gasteiger partial charge in [0.1, 0.15) is 5.69 Å². The molecule has 0 fully saturated rings. The minimum absolute atomic E-state index is 0.268. The fraction of sp³-hybridized carbons (Fsp3) is 0.136. The summed E-state index contributed by atoms with van der Waals surface area (Å²) in [6.07, 6.45) is 1.57. The van der Waals surface area contributed by atoms with Gasteiger partial charge in [0.05, 0.1) is 25.9 Å². The average Bonchev–Trinajstić information content (AvgIpc) is 2.77. The average molecular weight is 388 g/mol. The number of carbonyl (C=O) groups is 1. The quantitative estimate of drug-likeness (QED) is 0.638. The molecule has 1 aromatic heterocycles. The Bertz CT molecular complexity index is 1060. The molecular formula is C22H20N4O3. The van der Waals surface area contributed by atoms with Crippen LogP contribution in [-0.4, -0.2) is 25.1 Å². The van der Waals surface area contributed by atoms with E-state index in [1.807, 2.05) is 24.3 Å². The summed E-state index contributed by atoms with van der Waals surface area (Å²) in [5.41, 5.74) is 3.04. The molecule has 3 aromatic rings. The van der Waals surface area contributed by atoms with Gasteiger partial charge in [0, 0.05) is 24.1 Å². The van der Waals surface area contributed by atoms with Crippen LogP contribution in [0.3, 0.4) is 0 Å². The molecule has 146 valence electrons. The molecule has 0 aliphatic rings. The predicted octanol–water partition coefficient (Wildman–Crippen LogP) is 3.83. The summed E-state index contributed by atoms with van der Waals surface area (Å²) in [5.74, 6) is 0.968. The van der Waals surface area contributed by atoms with E-state index in [0.29, 0.717) is 29.3 Å². The van der Waals surface area contributed by atoms with Gasteiger partial charge in [0.25, 0.3) is 5.91 Å². The van der Waals surface area contributed by atoms with E-state index in [1.54, 1.807) is 56.8 Å². The third-order valence-corrected chi connectivity index (χ3v) is 4.19. The molecule has 0 radical (unpaired) electrons. The van der Waals surface area contributed by atoms with Crippen molar-refractivity contribution in [2.24, 2.45) is 0 Å². The summed E-state index contributed by atoms with van der Waals surface area (Å²) in [6.45, 7) is 0.537. The van der Waals surface area contributed by atoms with Crippen molar-refractivity contribution in [3.8, 4) is 17.6 Å². The van der Waals surface area contributed by atoms with Gasteiger partial charge in [-0.2, -0.15) is 5.26 Å². The monoisotopic (exact) mass is 388 g/mol. The van der Waals surface area contributed by atoms with Crippen molar-refractivity contribution < 1.29 is 14.3 Å². The number of amides is 1. The van der Waals surface area contributed by atoms with Crippen molar-refractivity contribution in [1.29, 1.82) is 5.26 Å². The van der Waals surface area contributed by atoms with Crippen molar-refractivity contribution >= 4 is 17.3 Å². The summed E-state index contributed by atoms with van der Waals surface area (Å²) in [4.78, 5) is 16.6. The Morgan fingerprint density at radius 2 is 1.86 bits per heavy atom. The van der Waals surface area contributed by atoms with Gasteiger partial charge in [-0.05, 0) is 48.0 Å². The van der Waals surface area contributed by atoms with Crippen molar-refractivity contribution in [3.05, 3.63) is 77.6 Å². The number of nitriles is 1. The molecule has 2 N–H and O–H groups in total. The molecule has 0 atom stereocenters. The van der Waals surface area contributed by atoms with Crippen molar-refractivity contribution in [2.75, 3.05) is 24.9 Å². The summed E-state index contributed by atoms with van der Waals surface area (Å²) in [6, 6.07) is 17.9. The fourth-order valence-corrected chi connectivity index (χ4v) is 2.72. The maximum Gasteiger partial charge on any atom is 0.274 e. The predicted molar refractivity (Wildman–Crippen MR) is 110 cm³/mol. The number of nitrogens with zero attached hydrogens (tertiary/aromatic N) is 2. The molecule has 0 bridgehead atoms. The molecule has 7 nitrogen and oxygen atoms in total. The number of methoxy groups -OCH3 is 2. The Kier molecular flexibility index (Phi) is 6.28. The highest BCUT2D eigenvalue weighted by atomic mass is 16.5. The number of nitrogens with one attached hydrogen (secondary N) is 2. The summed E-state index contributed by atoms with van der Waals surface area (Å²) >= 11 is 0. The van der Waals surface area contributed by atoms with E-state index in [4.69, 9.17) is 14.7 Å². The molecule has 1 amide bonds. The maximum absolute atomic E-state index is 12.5. The first-order valence-electron chi connectivity index (χ1n) is 8.85. The minimum Gasteiger partial charge on any atom is -0.493 e. The number of benzene rings is 2. The van der Waals surface area contributed by atoms with Gasteiger partial charge in [0.2, 0.25) is 0 Å². The number of anilines is 2. The molecule has 0 unspecified atom stereocenters. The van der Waals surface area contributed by atoms with E-state index >= 15 is 0 Å². The van der Waals surface area contributed by atoms with E-state index in [1.165, 1.54) is 0 Å². The normalized spacial score (nSPS) is 9.97. The molecule has 29 heavy (non-hydrogen) atoms. The molecule has 0 aliphatic heterocycles. The van der Waals surface area contributed by atoms with Crippen LogP contribution in [0.5, 0.6) is 11.5 Å². The molecule has 7 heteroatoms. The molecule has 0 saturated heterocycles. The first-order valence-corrected chi connectivity index (χ1v) is 8.85. The van der Waals surface area contributed by atoms with Gasteiger partial charge in [-0.1, -0.05) is 12.1 Å². The lowest BCUT2D eigenvalue weighted by atomic mass is 10.2. The smallest absolute Gasteiger partial charge is 0.274 e. The minimum atomic E-state index is -0.352. The summed E-state index contributed by atoms with van der Waals surface area (Å²) in [5, 5.41) is 15.0. The highest BCUT2D eigenvalue weighted by Gasteiger charge is 2.10. The Balaban J connectivity index is 1.67. The van der Waals surface area contributed by atoms with Gasteiger partial charge >= 0.3 is 0 Å². The number of aromatic nitrogens is 1. The SMILES string of the molecule is COc1ccc(CNc2ccnc(C(=O)Nc3cccc(C#N)c3)c2)cc1OC. The number of hydrogen-bond donors (Lipinski definition) is 2. The number of pyridine rings is 1. The lowest BCUT2D eigenvalue weighted by Gasteiger charge is -2.11. The third-order valence-electron chi connectivity index (χ3n) is 4.19. The van der Waals surface area contributed by atoms with E-state index in [9.17, 15) is 4.79 Å². The second kappa shape index (κ2) is 9.24. The molecule has 0 saturated carbocycles. The molecule has 3 rings (SSSR count). The highest BCUT2D eigenvalue weighted by molar-refractivity contribution is 6.03. The van der Waals surface area contributed by atoms with Crippen LogP contribution in [-0.2, 0) is 6.54 Å². The number of carbonyl (C=O) groups excluding carboxylic acids is 1. The largest absolute Gasteiger partial charge is 0.493 e. The standard InChI is InChI=1S/C22H20N4O3/c1-28-20-7-6-16(11-21(20)29-2)14-25-17-8-9-24-19(12-17)22(27)26-18-5-3-4-15(10-18)13-23/h3-12H,14H2,1-2H3,(H,24,25)(H,26,27). The first kappa shape index (κ1) is 19.7. The van der Waals surface area contributed by atoms with Crippen molar-refractivity contribution in [2.45, 2.75) is 6.54 Å². The highest BCUT2D eigenvalue weighted by Crippen LogP contribution is 2.27. The lowest BCUT2D eigenvalue weighted by Crippen LogP contribution is -2.14. The summed E-state index contributed by atoms with van der Waals surface area (Å²) < 4.78 is 10.6. The second-order valence-electron chi connectivity index (χ2n) is 6.12. The van der Waals surface area contributed by atoms with Crippen LogP contribution >= 0.6 is 0 Å². The first-order chi connectivity index (χ1) is 14.1. The molecule has 0 spiro atoms. The van der Waals surface area contributed by atoms with Crippen molar-refractivity contribution in [1.82, 2.24) is 4.98 Å². The van der Waals surface area contributed by atoms with Gasteiger partial charge in [-0.3, -0.25) is 9.78 Å². The summed E-state index contributed by atoms with van der Waals surface area (Å²) in [7, 11) is 3.19. The number of rotatable bonds is 7. The van der Waals surface area contributed by atoms with Crippen LogP contribution in [0.25, 0.3) is 0 Å². The van der Waals surface area contributed by atoms with Gasteiger partial charge in [0.15, 0.2) is 11.5 Å². The van der Waals surface area contributed by atoms with Crippen LogP contribution in [0.15, 0.2) is 60.8 Å². The Labute approximate surface area is 168 Å². The maximum atomic E-state index is 12.5. The van der Waals surface area contributed by atoms with E-state index < -0.39 is 0 Å². The second-order valence-corrected chi connectivity index (χ2v) is 6.12. The molecule has 0 aliphatic carbocycles. The van der Waals surface area contributed by atoms with Gasteiger partial charge in [-0.25, -0.2) is 0 Å². The zero-order chi connectivity index (χ0) is 20.6. The van der Waals surface area contributed by atoms with E-state index in [0.717, 1.165) is 11.3 Å². The van der Waals surface area contributed by atoms with Crippen LogP contribution in [0.1, 0.15) is 21.6 Å². The molecular weight excluding hydrogens is 368 g/mol. The Morgan fingerprint density at radius 1 is 1.03 bits per heavy atom. The molecule has 2 aromatic carbocycles. The fourth-order valence-electron chi connectivity index (χ4n) is 2.72. The zero-order valence-corrected chi connectivity index (χ0v) is 16.1. The van der Waals surface area contributed by atoms with Gasteiger partial charge in [-0.15, -0.1) is 0 Å². The lowest BCUT2D eigenvalue weighted by molar-refractivity contribution is 0.102. The topological polar surface area (TPSA) is 96.3 Å². The zero-order valence-electron chi connectivity index (χ0n) is 16.1. The third kappa shape index (κ3) is 5.02. The number of hydrogen-bond acceptors (Lipinski definition) is 6.